The Hall–Kier alpha value is -0.790. The van der Waals surface area contributed by atoms with E-state index in [2.05, 4.69) is 0 Å². The Morgan fingerprint density at radius 2 is 2.00 bits per heavy atom. The molecule has 2 heteroatoms. The van der Waals surface area contributed by atoms with E-state index < -0.39 is 0 Å². The number of aliphatic hydroxyl groups excluding tert-OH is 1. The second-order valence-electron chi connectivity index (χ2n) is 1.50. The van der Waals surface area contributed by atoms with Gasteiger partial charge in [0, 0.05) is 0 Å². The van der Waals surface area contributed by atoms with Gasteiger partial charge in [-0.15, -0.1) is 0 Å². The summed E-state index contributed by atoms with van der Waals surface area (Å²) >= 11 is 0. The van der Waals surface area contributed by atoms with Gasteiger partial charge in [0.15, 0.2) is 12.0 Å². The Morgan fingerprint density at radius 1 is 1.57 bits per heavy atom. The number of rotatable bonds is 1. The monoisotopic (exact) mass is 100 g/mol. The summed E-state index contributed by atoms with van der Waals surface area (Å²) < 4.78 is 0. The van der Waals surface area contributed by atoms with Crippen molar-refractivity contribution in [2.75, 3.05) is 0 Å². The first-order chi connectivity index (χ1) is 3.18. The number of aldehydes is 1. The molecule has 0 aromatic heterocycles. The minimum atomic E-state index is -0.167. The van der Waals surface area contributed by atoms with Gasteiger partial charge in [-0.25, -0.2) is 0 Å². The molecule has 0 bridgehead atoms. The predicted molar refractivity (Wildman–Crippen MR) is 27.1 cm³/mol. The van der Waals surface area contributed by atoms with E-state index >= 15 is 0 Å². The SMILES string of the molecule is CC(C)=C(O)C=O. The second-order valence-corrected chi connectivity index (χ2v) is 1.50. The van der Waals surface area contributed by atoms with E-state index in [0.29, 0.717) is 11.9 Å². The van der Waals surface area contributed by atoms with E-state index in [-0.39, 0.29) is 5.76 Å². The van der Waals surface area contributed by atoms with E-state index in [0.717, 1.165) is 0 Å². The molecule has 0 atom stereocenters. The van der Waals surface area contributed by atoms with Crippen LogP contribution in [0.2, 0.25) is 0 Å². The lowest BCUT2D eigenvalue weighted by atomic mass is 10.3. The maximum absolute atomic E-state index is 9.64. The minimum Gasteiger partial charge on any atom is -0.505 e. The Labute approximate surface area is 42.5 Å². The van der Waals surface area contributed by atoms with Crippen molar-refractivity contribution < 1.29 is 9.90 Å². The van der Waals surface area contributed by atoms with Crippen LogP contribution in [-0.2, 0) is 4.79 Å². The van der Waals surface area contributed by atoms with Crippen molar-refractivity contribution in [1.82, 2.24) is 0 Å². The highest BCUT2D eigenvalue weighted by Crippen LogP contribution is 1.92. The summed E-state index contributed by atoms with van der Waals surface area (Å²) in [6, 6.07) is 0. The van der Waals surface area contributed by atoms with Crippen LogP contribution in [0.3, 0.4) is 0 Å². The maximum Gasteiger partial charge on any atom is 0.184 e. The molecule has 0 aromatic rings. The van der Waals surface area contributed by atoms with Gasteiger partial charge in [-0.3, -0.25) is 4.79 Å². The first kappa shape index (κ1) is 6.21. The second kappa shape index (κ2) is 2.39. The molecule has 0 fully saturated rings. The average molecular weight is 100 g/mol. The molecule has 0 radical (unpaired) electrons. The predicted octanol–water partition coefficient (Wildman–Crippen LogP) is 1.04. The van der Waals surface area contributed by atoms with Crippen LogP contribution in [0.5, 0.6) is 0 Å². The van der Waals surface area contributed by atoms with E-state index in [1.54, 1.807) is 13.8 Å². The first-order valence-electron chi connectivity index (χ1n) is 2.00. The van der Waals surface area contributed by atoms with Crippen molar-refractivity contribution in [2.45, 2.75) is 13.8 Å². The number of hydrogen-bond acceptors (Lipinski definition) is 2. The highest BCUT2D eigenvalue weighted by atomic mass is 16.3. The van der Waals surface area contributed by atoms with Crippen molar-refractivity contribution in [3.05, 3.63) is 11.3 Å². The van der Waals surface area contributed by atoms with Gasteiger partial charge in [-0.1, -0.05) is 0 Å². The van der Waals surface area contributed by atoms with Crippen molar-refractivity contribution in [2.24, 2.45) is 0 Å². The molecule has 0 aliphatic rings. The molecule has 0 unspecified atom stereocenters. The number of allylic oxidation sites excluding steroid dienone is 2. The van der Waals surface area contributed by atoms with Gasteiger partial charge < -0.3 is 5.11 Å². The zero-order valence-corrected chi connectivity index (χ0v) is 4.43. The summed E-state index contributed by atoms with van der Waals surface area (Å²) in [4.78, 5) is 9.64. The topological polar surface area (TPSA) is 37.3 Å². The van der Waals surface area contributed by atoms with E-state index in [9.17, 15) is 4.79 Å². The summed E-state index contributed by atoms with van der Waals surface area (Å²) in [5.41, 5.74) is 0.648. The molecule has 0 aromatic carbocycles. The molecule has 0 saturated heterocycles. The van der Waals surface area contributed by atoms with Crippen LogP contribution in [0.4, 0.5) is 0 Å². The summed E-state index contributed by atoms with van der Waals surface area (Å²) in [6.45, 7) is 3.34. The van der Waals surface area contributed by atoms with Gasteiger partial charge in [0.2, 0.25) is 0 Å². The molecule has 0 aliphatic heterocycles. The molecule has 0 amide bonds. The van der Waals surface area contributed by atoms with Crippen LogP contribution in [-0.4, -0.2) is 11.4 Å². The van der Waals surface area contributed by atoms with Crippen molar-refractivity contribution >= 4 is 6.29 Å². The quantitative estimate of drug-likeness (QED) is 0.303. The molecule has 0 heterocycles. The van der Waals surface area contributed by atoms with E-state index in [4.69, 9.17) is 5.11 Å². The Morgan fingerprint density at radius 3 is 2.00 bits per heavy atom. The largest absolute Gasteiger partial charge is 0.505 e. The molecule has 1 N–H and O–H groups in total. The number of carbonyl (C=O) groups excluding carboxylic acids is 1. The van der Waals surface area contributed by atoms with Crippen LogP contribution >= 0.6 is 0 Å². The molecule has 0 aliphatic carbocycles. The summed E-state index contributed by atoms with van der Waals surface area (Å²) in [5.74, 6) is -0.167. The Balaban J connectivity index is 3.98. The molecule has 40 valence electrons. The van der Waals surface area contributed by atoms with E-state index in [1.165, 1.54) is 0 Å². The molecular formula is C5H8O2. The molecule has 0 rings (SSSR count). The average Bonchev–Trinajstić information content (AvgIpc) is 1.65. The van der Waals surface area contributed by atoms with Crippen molar-refractivity contribution in [3.8, 4) is 0 Å². The number of aliphatic hydroxyl groups is 1. The molecule has 0 saturated carbocycles. The van der Waals surface area contributed by atoms with Crippen molar-refractivity contribution in [1.29, 1.82) is 0 Å². The number of carbonyl (C=O) groups is 1. The minimum absolute atomic E-state index is 0.167. The standard InChI is InChI=1S/C5H8O2/c1-4(2)5(7)3-6/h3,7H,1-2H3. The fraction of sp³-hybridized carbons (Fsp3) is 0.400. The van der Waals surface area contributed by atoms with Gasteiger partial charge in [0.05, 0.1) is 0 Å². The molecule has 0 spiro atoms. The van der Waals surface area contributed by atoms with Crippen molar-refractivity contribution in [3.63, 3.8) is 0 Å². The van der Waals surface area contributed by atoms with Gasteiger partial charge >= 0.3 is 0 Å². The Kier molecular flexibility index (Phi) is 2.12. The fourth-order valence-corrected chi connectivity index (χ4v) is 0.118. The molecule has 2 nitrogen and oxygen atoms in total. The smallest absolute Gasteiger partial charge is 0.184 e. The van der Waals surface area contributed by atoms with Crippen LogP contribution in [0.1, 0.15) is 13.8 Å². The molecular weight excluding hydrogens is 92.1 g/mol. The summed E-state index contributed by atoms with van der Waals surface area (Å²) in [5, 5.41) is 8.45. The van der Waals surface area contributed by atoms with Gasteiger partial charge in [-0.2, -0.15) is 0 Å². The summed E-state index contributed by atoms with van der Waals surface area (Å²) in [7, 11) is 0. The van der Waals surface area contributed by atoms with Crippen LogP contribution in [0.25, 0.3) is 0 Å². The Bertz CT molecular complexity index is 98.6. The third-order valence-electron chi connectivity index (χ3n) is 0.624. The fourth-order valence-electron chi connectivity index (χ4n) is 0.118. The lowest BCUT2D eigenvalue weighted by molar-refractivity contribution is -0.107. The third kappa shape index (κ3) is 1.98. The third-order valence-corrected chi connectivity index (χ3v) is 0.624. The zero-order valence-electron chi connectivity index (χ0n) is 4.43. The van der Waals surface area contributed by atoms with E-state index in [1.807, 2.05) is 0 Å². The highest BCUT2D eigenvalue weighted by molar-refractivity contribution is 5.70. The normalized spacial score (nSPS) is 7.71. The van der Waals surface area contributed by atoms with Crippen LogP contribution in [0.15, 0.2) is 11.3 Å². The van der Waals surface area contributed by atoms with Gasteiger partial charge in [-0.05, 0) is 19.4 Å². The lowest BCUT2D eigenvalue weighted by Crippen LogP contribution is -1.82. The molecule has 7 heavy (non-hydrogen) atoms. The van der Waals surface area contributed by atoms with Crippen LogP contribution in [0, 0.1) is 0 Å². The lowest BCUT2D eigenvalue weighted by Gasteiger charge is -1.86. The maximum atomic E-state index is 9.64. The van der Waals surface area contributed by atoms with Crippen LogP contribution < -0.4 is 0 Å². The van der Waals surface area contributed by atoms with Gasteiger partial charge in [0.25, 0.3) is 0 Å². The highest BCUT2D eigenvalue weighted by Gasteiger charge is 1.86. The zero-order chi connectivity index (χ0) is 5.86. The first-order valence-corrected chi connectivity index (χ1v) is 2.00. The number of hydrogen-bond donors (Lipinski definition) is 1. The van der Waals surface area contributed by atoms with Gasteiger partial charge in [0.1, 0.15) is 0 Å². The summed E-state index contributed by atoms with van der Waals surface area (Å²) in [6.07, 6.45) is 0.426.